The maximum Gasteiger partial charge on any atom is 0.306 e. The first kappa shape index (κ1) is 24.5. The van der Waals surface area contributed by atoms with E-state index in [0.29, 0.717) is 0 Å². The number of unbranched alkanes of at least 4 members (excludes halogenated alkanes) is 15. The molecule has 0 aromatic rings. The van der Waals surface area contributed by atoms with Gasteiger partial charge in [-0.05, 0) is 12.3 Å². The van der Waals surface area contributed by atoms with Crippen molar-refractivity contribution in [3.63, 3.8) is 0 Å². The second kappa shape index (κ2) is 18.3. The van der Waals surface area contributed by atoms with Crippen LogP contribution in [0, 0.1) is 11.8 Å². The highest BCUT2D eigenvalue weighted by atomic mass is 16.4. The van der Waals surface area contributed by atoms with Crippen LogP contribution >= 0.6 is 0 Å². The van der Waals surface area contributed by atoms with Gasteiger partial charge in [-0.2, -0.15) is 0 Å². The van der Waals surface area contributed by atoms with Gasteiger partial charge in [0.05, 0.1) is 5.92 Å². The molecule has 0 aliphatic rings. The summed E-state index contributed by atoms with van der Waals surface area (Å²) < 4.78 is 0. The van der Waals surface area contributed by atoms with Crippen molar-refractivity contribution in [1.82, 2.24) is 0 Å². The van der Waals surface area contributed by atoms with E-state index in [4.69, 9.17) is 5.11 Å². The van der Waals surface area contributed by atoms with Gasteiger partial charge in [-0.3, -0.25) is 4.79 Å². The molecule has 25 heavy (non-hydrogen) atoms. The van der Waals surface area contributed by atoms with Gasteiger partial charge in [-0.1, -0.05) is 124 Å². The predicted octanol–water partition coefficient (Wildman–Crippen LogP) is 7.99. The number of aliphatic carboxylic acids is 1. The van der Waals surface area contributed by atoms with Crippen LogP contribution in [-0.2, 0) is 4.79 Å². The van der Waals surface area contributed by atoms with Crippen molar-refractivity contribution in [3.05, 3.63) is 0 Å². The molecule has 1 N–H and O–H groups in total. The zero-order valence-electron chi connectivity index (χ0n) is 17.5. The fourth-order valence-corrected chi connectivity index (χ4v) is 3.65. The molecule has 0 fully saturated rings. The summed E-state index contributed by atoms with van der Waals surface area (Å²) in [6.45, 7) is 6.32. The van der Waals surface area contributed by atoms with Gasteiger partial charge in [0.2, 0.25) is 0 Å². The molecule has 1 atom stereocenters. The van der Waals surface area contributed by atoms with E-state index >= 15 is 0 Å². The lowest BCUT2D eigenvalue weighted by molar-refractivity contribution is -0.143. The highest BCUT2D eigenvalue weighted by Crippen LogP contribution is 2.20. The lowest BCUT2D eigenvalue weighted by Gasteiger charge is -2.15. The predicted molar refractivity (Wildman–Crippen MR) is 110 cm³/mol. The zero-order chi connectivity index (χ0) is 18.8. The summed E-state index contributed by atoms with van der Waals surface area (Å²) in [6, 6.07) is 0. The molecule has 0 spiro atoms. The second-order valence-electron chi connectivity index (χ2n) is 8.28. The quantitative estimate of drug-likeness (QED) is 0.239. The SMILES string of the molecule is CCCCCCCCCCCCCCCCCCC(C(=O)O)C(C)C. The molecule has 1 unspecified atom stereocenters. The third-order valence-corrected chi connectivity index (χ3v) is 5.49. The average molecular weight is 355 g/mol. The van der Waals surface area contributed by atoms with Gasteiger partial charge in [0.15, 0.2) is 0 Å². The topological polar surface area (TPSA) is 37.3 Å². The van der Waals surface area contributed by atoms with Crippen LogP contribution in [0.5, 0.6) is 0 Å². The van der Waals surface area contributed by atoms with Crippen molar-refractivity contribution in [2.45, 2.75) is 130 Å². The van der Waals surface area contributed by atoms with E-state index < -0.39 is 5.97 Å². The number of carboxylic acids is 1. The minimum Gasteiger partial charge on any atom is -0.481 e. The molecule has 0 bridgehead atoms. The Morgan fingerprint density at radius 3 is 1.24 bits per heavy atom. The maximum absolute atomic E-state index is 11.1. The van der Waals surface area contributed by atoms with Gasteiger partial charge in [-0.15, -0.1) is 0 Å². The van der Waals surface area contributed by atoms with E-state index in [9.17, 15) is 4.79 Å². The summed E-state index contributed by atoms with van der Waals surface area (Å²) in [4.78, 5) is 11.1. The Labute approximate surface area is 158 Å². The molecular formula is C23H46O2. The summed E-state index contributed by atoms with van der Waals surface area (Å²) in [7, 11) is 0. The van der Waals surface area contributed by atoms with Gasteiger partial charge >= 0.3 is 5.97 Å². The molecule has 0 aliphatic heterocycles. The van der Waals surface area contributed by atoms with Gasteiger partial charge in [0.25, 0.3) is 0 Å². The Hall–Kier alpha value is -0.530. The van der Waals surface area contributed by atoms with Crippen LogP contribution < -0.4 is 0 Å². The summed E-state index contributed by atoms with van der Waals surface area (Å²) in [5, 5.41) is 9.17. The summed E-state index contributed by atoms with van der Waals surface area (Å²) in [5.41, 5.74) is 0. The number of carbonyl (C=O) groups is 1. The molecule has 0 saturated carbocycles. The molecule has 0 saturated heterocycles. The first-order chi connectivity index (χ1) is 12.1. The van der Waals surface area contributed by atoms with E-state index in [1.165, 1.54) is 96.3 Å². The van der Waals surface area contributed by atoms with Crippen molar-refractivity contribution in [2.75, 3.05) is 0 Å². The lowest BCUT2D eigenvalue weighted by atomic mass is 9.90. The van der Waals surface area contributed by atoms with E-state index in [1.54, 1.807) is 0 Å². The van der Waals surface area contributed by atoms with Crippen molar-refractivity contribution < 1.29 is 9.90 Å². The molecule has 0 aromatic carbocycles. The molecule has 2 heteroatoms. The Bertz CT molecular complexity index is 286. The summed E-state index contributed by atoms with van der Waals surface area (Å²) in [6.07, 6.45) is 22.7. The Morgan fingerprint density at radius 1 is 0.640 bits per heavy atom. The first-order valence-corrected chi connectivity index (χ1v) is 11.3. The van der Waals surface area contributed by atoms with Crippen LogP contribution in [0.15, 0.2) is 0 Å². The summed E-state index contributed by atoms with van der Waals surface area (Å²) in [5.74, 6) is -0.503. The zero-order valence-corrected chi connectivity index (χ0v) is 17.5. The lowest BCUT2D eigenvalue weighted by Crippen LogP contribution is -2.19. The van der Waals surface area contributed by atoms with Crippen LogP contribution in [0.2, 0.25) is 0 Å². The van der Waals surface area contributed by atoms with Crippen LogP contribution in [0.3, 0.4) is 0 Å². The van der Waals surface area contributed by atoms with Crippen molar-refractivity contribution >= 4 is 5.97 Å². The number of hydrogen-bond donors (Lipinski definition) is 1. The Morgan fingerprint density at radius 2 is 0.960 bits per heavy atom. The monoisotopic (exact) mass is 354 g/mol. The Kier molecular flexibility index (Phi) is 17.9. The smallest absolute Gasteiger partial charge is 0.306 e. The molecule has 0 rings (SSSR count). The van der Waals surface area contributed by atoms with Crippen LogP contribution in [-0.4, -0.2) is 11.1 Å². The Balaban J connectivity index is 3.20. The third-order valence-electron chi connectivity index (χ3n) is 5.49. The normalized spacial score (nSPS) is 12.6. The summed E-state index contributed by atoms with van der Waals surface area (Å²) >= 11 is 0. The first-order valence-electron chi connectivity index (χ1n) is 11.3. The van der Waals surface area contributed by atoms with Crippen LogP contribution in [0.1, 0.15) is 130 Å². The molecule has 150 valence electrons. The molecule has 0 amide bonds. The fraction of sp³-hybridized carbons (Fsp3) is 0.957. The molecule has 0 radical (unpaired) electrons. The third kappa shape index (κ3) is 16.7. The van der Waals surface area contributed by atoms with Gasteiger partial charge < -0.3 is 5.11 Å². The van der Waals surface area contributed by atoms with E-state index in [2.05, 4.69) is 6.92 Å². The maximum atomic E-state index is 11.1. The van der Waals surface area contributed by atoms with Crippen LogP contribution in [0.4, 0.5) is 0 Å². The molecule has 2 nitrogen and oxygen atoms in total. The van der Waals surface area contributed by atoms with Gasteiger partial charge in [-0.25, -0.2) is 0 Å². The van der Waals surface area contributed by atoms with E-state index in [1.807, 2.05) is 13.8 Å². The van der Waals surface area contributed by atoms with E-state index in [0.717, 1.165) is 12.8 Å². The number of rotatable bonds is 19. The standard InChI is InChI=1S/C23H46O2/c1-4-5-6-7-8-9-10-11-12-13-14-15-16-17-18-19-20-22(21(2)3)23(24)25/h21-22H,4-20H2,1-3H3,(H,24,25). The van der Waals surface area contributed by atoms with Crippen LogP contribution in [0.25, 0.3) is 0 Å². The van der Waals surface area contributed by atoms with Crippen molar-refractivity contribution in [1.29, 1.82) is 0 Å². The molecular weight excluding hydrogens is 308 g/mol. The van der Waals surface area contributed by atoms with Gasteiger partial charge in [0.1, 0.15) is 0 Å². The number of carboxylic acid groups (broad SMARTS) is 1. The molecule has 0 aliphatic carbocycles. The number of hydrogen-bond acceptors (Lipinski definition) is 1. The second-order valence-corrected chi connectivity index (χ2v) is 8.28. The molecule has 0 heterocycles. The van der Waals surface area contributed by atoms with Gasteiger partial charge in [0, 0.05) is 0 Å². The minimum atomic E-state index is -0.615. The highest BCUT2D eigenvalue weighted by Gasteiger charge is 2.20. The largest absolute Gasteiger partial charge is 0.481 e. The fourth-order valence-electron chi connectivity index (χ4n) is 3.65. The van der Waals surface area contributed by atoms with Crippen molar-refractivity contribution in [3.8, 4) is 0 Å². The highest BCUT2D eigenvalue weighted by molar-refractivity contribution is 5.70. The average Bonchev–Trinajstić information content (AvgIpc) is 2.57. The minimum absolute atomic E-state index is 0.147. The van der Waals surface area contributed by atoms with Crippen molar-refractivity contribution in [2.24, 2.45) is 11.8 Å². The van der Waals surface area contributed by atoms with E-state index in [-0.39, 0.29) is 11.8 Å². The molecule has 0 aromatic heterocycles.